The van der Waals surface area contributed by atoms with Crippen molar-refractivity contribution in [1.82, 2.24) is 9.55 Å². The third-order valence-corrected chi connectivity index (χ3v) is 5.53. The van der Waals surface area contributed by atoms with Crippen LogP contribution in [-0.4, -0.2) is 29.2 Å². The van der Waals surface area contributed by atoms with Gasteiger partial charge >= 0.3 is 0 Å². The Kier molecular flexibility index (Phi) is 5.82. The van der Waals surface area contributed by atoms with E-state index in [9.17, 15) is 18.8 Å². The van der Waals surface area contributed by atoms with Gasteiger partial charge in [-0.25, -0.2) is 13.4 Å². The fraction of sp³-hybridized carbons (Fsp3) is 0.412. The van der Waals surface area contributed by atoms with E-state index >= 15 is 0 Å². The topological polar surface area (TPSA) is 122 Å². The molecule has 8 heteroatoms. The fourth-order valence-corrected chi connectivity index (χ4v) is 4.19. The highest BCUT2D eigenvalue weighted by Gasteiger charge is 2.30. The lowest BCUT2D eigenvalue weighted by molar-refractivity contribution is 0.168. The Morgan fingerprint density at radius 1 is 1.44 bits per heavy atom. The molecule has 0 aliphatic heterocycles. The number of aromatic nitrogens is 2. The number of nitrogens with zero attached hydrogens (tertiary/aromatic N) is 3. The van der Waals surface area contributed by atoms with E-state index in [2.05, 4.69) is 4.98 Å². The summed E-state index contributed by atoms with van der Waals surface area (Å²) in [6.45, 7) is 3.62. The Bertz CT molecular complexity index is 895. The number of aryl methyl sites for hydroxylation is 1. The maximum Gasteiger partial charge on any atom is 0.225 e. The second-order valence-electron chi connectivity index (χ2n) is 5.93. The average molecular weight is 362 g/mol. The number of imidazole rings is 1. The molecular formula is C17H22N4O3S. The molecule has 25 heavy (non-hydrogen) atoms. The number of anilines is 1. The number of nitrogens with two attached hydrogens (primary N) is 1. The van der Waals surface area contributed by atoms with Crippen LogP contribution in [0.4, 0.5) is 5.69 Å². The number of unbranched alkanes of at least 4 members (excludes halogenated alkanes) is 1. The van der Waals surface area contributed by atoms with Crippen LogP contribution < -0.4 is 5.73 Å². The van der Waals surface area contributed by atoms with E-state index in [1.165, 1.54) is 16.7 Å². The molecule has 0 spiro atoms. The first-order valence-corrected chi connectivity index (χ1v) is 9.57. The molecule has 2 aromatic rings. The molecule has 0 saturated carbocycles. The second kappa shape index (κ2) is 7.68. The van der Waals surface area contributed by atoms with Crippen LogP contribution in [0.15, 0.2) is 34.2 Å². The number of hydrogen-bond acceptors (Lipinski definition) is 6. The van der Waals surface area contributed by atoms with Gasteiger partial charge < -0.3 is 15.4 Å². The zero-order valence-corrected chi connectivity index (χ0v) is 15.1. The molecule has 1 atom stereocenters. The minimum Gasteiger partial charge on any atom is -0.399 e. The van der Waals surface area contributed by atoms with Crippen molar-refractivity contribution in [1.29, 1.82) is 5.26 Å². The van der Waals surface area contributed by atoms with Crippen molar-refractivity contribution in [2.24, 2.45) is 0 Å². The third kappa shape index (κ3) is 4.00. The molecule has 0 saturated heterocycles. The van der Waals surface area contributed by atoms with Crippen LogP contribution in [-0.2, 0) is 22.8 Å². The van der Waals surface area contributed by atoms with Gasteiger partial charge in [0.1, 0.15) is 11.9 Å². The summed E-state index contributed by atoms with van der Waals surface area (Å²) in [6.07, 6.45) is 1.46. The van der Waals surface area contributed by atoms with Crippen LogP contribution in [0.5, 0.6) is 0 Å². The Labute approximate surface area is 147 Å². The van der Waals surface area contributed by atoms with Crippen molar-refractivity contribution in [3.05, 3.63) is 35.8 Å². The van der Waals surface area contributed by atoms with E-state index in [4.69, 9.17) is 5.73 Å². The number of sulfone groups is 1. The van der Waals surface area contributed by atoms with E-state index in [0.29, 0.717) is 17.9 Å². The molecule has 1 aromatic heterocycles. The van der Waals surface area contributed by atoms with E-state index in [0.717, 1.165) is 12.8 Å². The molecule has 1 heterocycles. The first kappa shape index (κ1) is 19.0. The highest BCUT2D eigenvalue weighted by molar-refractivity contribution is 7.91. The molecule has 0 fully saturated rings. The quantitative estimate of drug-likeness (QED) is 0.725. The summed E-state index contributed by atoms with van der Waals surface area (Å²) in [5, 5.41) is 19.0. The van der Waals surface area contributed by atoms with E-state index in [1.54, 1.807) is 19.1 Å². The SMILES string of the molecule is CCCCc1nc(C#N)c(S(=O)(=O)c2cccc(N)c2)n1CC(C)O. The van der Waals surface area contributed by atoms with Gasteiger partial charge in [-0.05, 0) is 31.5 Å². The summed E-state index contributed by atoms with van der Waals surface area (Å²) in [5.41, 5.74) is 5.86. The summed E-state index contributed by atoms with van der Waals surface area (Å²) in [6, 6.07) is 7.78. The molecule has 2 rings (SSSR count). The van der Waals surface area contributed by atoms with Crippen molar-refractivity contribution in [3.63, 3.8) is 0 Å². The van der Waals surface area contributed by atoms with Gasteiger partial charge in [-0.1, -0.05) is 19.4 Å². The highest BCUT2D eigenvalue weighted by atomic mass is 32.2. The van der Waals surface area contributed by atoms with Crippen LogP contribution in [0, 0.1) is 11.3 Å². The molecule has 1 aromatic carbocycles. The van der Waals surface area contributed by atoms with Crippen molar-refractivity contribution in [2.75, 3.05) is 5.73 Å². The summed E-state index contributed by atoms with van der Waals surface area (Å²) in [5.74, 6) is 0.488. The summed E-state index contributed by atoms with van der Waals surface area (Å²) >= 11 is 0. The average Bonchev–Trinajstić information content (AvgIpc) is 2.90. The number of nitrogen functional groups attached to an aromatic ring is 1. The molecule has 0 aliphatic rings. The van der Waals surface area contributed by atoms with Gasteiger partial charge in [0, 0.05) is 12.1 Å². The van der Waals surface area contributed by atoms with Crippen LogP contribution in [0.2, 0.25) is 0 Å². The number of aliphatic hydroxyl groups is 1. The maximum atomic E-state index is 13.1. The number of hydrogen-bond donors (Lipinski definition) is 2. The summed E-state index contributed by atoms with van der Waals surface area (Å²) in [4.78, 5) is 4.21. The Morgan fingerprint density at radius 2 is 2.16 bits per heavy atom. The minimum absolute atomic E-state index is 0.00205. The molecule has 134 valence electrons. The van der Waals surface area contributed by atoms with Gasteiger partial charge in [0.15, 0.2) is 10.7 Å². The molecule has 1 unspecified atom stereocenters. The van der Waals surface area contributed by atoms with Crippen LogP contribution in [0.3, 0.4) is 0 Å². The van der Waals surface area contributed by atoms with Crippen molar-refractivity contribution < 1.29 is 13.5 Å². The largest absolute Gasteiger partial charge is 0.399 e. The molecular weight excluding hydrogens is 340 g/mol. The smallest absolute Gasteiger partial charge is 0.225 e. The molecule has 0 amide bonds. The summed E-state index contributed by atoms with van der Waals surface area (Å²) in [7, 11) is -4.00. The van der Waals surface area contributed by atoms with Gasteiger partial charge in [-0.2, -0.15) is 5.26 Å². The number of nitriles is 1. The zero-order chi connectivity index (χ0) is 18.6. The fourth-order valence-electron chi connectivity index (χ4n) is 2.60. The number of rotatable bonds is 7. The molecule has 3 N–H and O–H groups in total. The first-order valence-electron chi connectivity index (χ1n) is 8.09. The second-order valence-corrected chi connectivity index (χ2v) is 7.80. The molecule has 0 bridgehead atoms. The monoisotopic (exact) mass is 362 g/mol. The Morgan fingerprint density at radius 3 is 2.72 bits per heavy atom. The Hall–Kier alpha value is -2.37. The van der Waals surface area contributed by atoms with E-state index in [1.807, 2.05) is 13.0 Å². The predicted molar refractivity (Wildman–Crippen MR) is 93.5 cm³/mol. The van der Waals surface area contributed by atoms with Crippen molar-refractivity contribution in [3.8, 4) is 6.07 Å². The van der Waals surface area contributed by atoms with Crippen molar-refractivity contribution >= 4 is 15.5 Å². The normalized spacial score (nSPS) is 12.7. The van der Waals surface area contributed by atoms with Gasteiger partial charge in [0.2, 0.25) is 9.84 Å². The number of aliphatic hydroxyl groups excluding tert-OH is 1. The lowest BCUT2D eigenvalue weighted by Gasteiger charge is -2.14. The van der Waals surface area contributed by atoms with Crippen LogP contribution in [0.1, 0.15) is 38.2 Å². The van der Waals surface area contributed by atoms with Gasteiger partial charge in [0.25, 0.3) is 0 Å². The third-order valence-electron chi connectivity index (χ3n) is 3.73. The first-order chi connectivity index (χ1) is 11.8. The highest BCUT2D eigenvalue weighted by Crippen LogP contribution is 2.27. The standard InChI is InChI=1S/C17H22N4O3S/c1-3-4-8-16-20-15(10-18)17(21(16)11-12(2)22)25(23,24)14-7-5-6-13(19)9-14/h5-7,9,12,22H,3-4,8,11,19H2,1-2H3. The molecule has 0 aliphatic carbocycles. The lowest BCUT2D eigenvalue weighted by atomic mass is 10.2. The predicted octanol–water partition coefficient (Wildman–Crippen LogP) is 1.89. The zero-order valence-electron chi connectivity index (χ0n) is 14.3. The number of benzene rings is 1. The molecule has 7 nitrogen and oxygen atoms in total. The van der Waals surface area contributed by atoms with Crippen LogP contribution in [0.25, 0.3) is 0 Å². The summed E-state index contributed by atoms with van der Waals surface area (Å²) < 4.78 is 27.7. The lowest BCUT2D eigenvalue weighted by Crippen LogP contribution is -2.19. The molecule has 0 radical (unpaired) electrons. The van der Waals surface area contributed by atoms with Gasteiger partial charge in [-0.3, -0.25) is 0 Å². The maximum absolute atomic E-state index is 13.1. The van der Waals surface area contributed by atoms with Crippen LogP contribution >= 0.6 is 0 Å². The van der Waals surface area contributed by atoms with E-state index in [-0.39, 0.29) is 22.2 Å². The van der Waals surface area contributed by atoms with Gasteiger partial charge in [0.05, 0.1) is 17.5 Å². The minimum atomic E-state index is -4.00. The Balaban J connectivity index is 2.69. The van der Waals surface area contributed by atoms with Gasteiger partial charge in [-0.15, -0.1) is 0 Å². The van der Waals surface area contributed by atoms with Crippen molar-refractivity contribution in [2.45, 2.75) is 55.7 Å². The van der Waals surface area contributed by atoms with E-state index < -0.39 is 15.9 Å².